The molecule has 0 amide bonds. The molecule has 9 aromatic carbocycles. The van der Waals surface area contributed by atoms with Crippen LogP contribution in [0.1, 0.15) is 27.8 Å². The molecule has 0 radical (unpaired) electrons. The van der Waals surface area contributed by atoms with Crippen LogP contribution in [0, 0.1) is 20.8 Å². The summed E-state index contributed by atoms with van der Waals surface area (Å²) in [5.74, 6) is 0. The van der Waals surface area contributed by atoms with Gasteiger partial charge >= 0.3 is 0 Å². The molecule has 0 spiro atoms. The zero-order chi connectivity index (χ0) is 37.7. The third-order valence-electron chi connectivity index (χ3n) is 10.3. The standard InChI is InChI=1S/C46H36N2.C7H8/c1-30-15-19-34(20-16-30)45(47)46(35-21-17-31(2)18-22-35)48-38-27-25-33(26-28-38)43-39-11-5-7-13-41(39)44(42-14-8-6-12-40(42)43)37-24-23-32-9-3-4-10-36(32)29-37;1-7-5-3-2-4-6-7/h3-29,48H,47H2,1-2H3;2-6H,1H3/b46-45-;. The van der Waals surface area contributed by atoms with Crippen LogP contribution in [-0.2, 0) is 0 Å². The lowest BCUT2D eigenvalue weighted by atomic mass is 9.85. The summed E-state index contributed by atoms with van der Waals surface area (Å²) < 4.78 is 0. The highest BCUT2D eigenvalue weighted by Crippen LogP contribution is 2.44. The van der Waals surface area contributed by atoms with Crippen LogP contribution in [0.3, 0.4) is 0 Å². The van der Waals surface area contributed by atoms with Crippen LogP contribution < -0.4 is 11.1 Å². The van der Waals surface area contributed by atoms with Gasteiger partial charge in [0.15, 0.2) is 0 Å². The second kappa shape index (κ2) is 15.6. The Hall–Kier alpha value is -6.90. The van der Waals surface area contributed by atoms with Gasteiger partial charge in [0.2, 0.25) is 0 Å². The van der Waals surface area contributed by atoms with Crippen molar-refractivity contribution in [2.75, 3.05) is 5.32 Å². The van der Waals surface area contributed by atoms with Gasteiger partial charge in [0.1, 0.15) is 0 Å². The molecule has 0 saturated carbocycles. The van der Waals surface area contributed by atoms with Crippen molar-refractivity contribution in [1.29, 1.82) is 0 Å². The Morgan fingerprint density at radius 1 is 0.382 bits per heavy atom. The number of hydrogen-bond donors (Lipinski definition) is 2. The first-order chi connectivity index (χ1) is 26.9. The van der Waals surface area contributed by atoms with E-state index >= 15 is 0 Å². The molecular formula is C53H44N2. The molecule has 3 N–H and O–H groups in total. The Balaban J connectivity index is 0.000000551. The highest BCUT2D eigenvalue weighted by Gasteiger charge is 2.17. The molecule has 0 atom stereocenters. The Labute approximate surface area is 324 Å². The first kappa shape index (κ1) is 35.1. The van der Waals surface area contributed by atoms with E-state index in [4.69, 9.17) is 5.73 Å². The van der Waals surface area contributed by atoms with Crippen molar-refractivity contribution in [2.45, 2.75) is 20.8 Å². The highest BCUT2D eigenvalue weighted by atomic mass is 14.9. The monoisotopic (exact) mass is 708 g/mol. The molecule has 0 aromatic heterocycles. The maximum absolute atomic E-state index is 6.86. The van der Waals surface area contributed by atoms with E-state index in [1.54, 1.807) is 0 Å². The second-order valence-corrected chi connectivity index (χ2v) is 14.3. The van der Waals surface area contributed by atoms with E-state index in [2.05, 4.69) is 202 Å². The molecule has 9 rings (SSSR count). The maximum Gasteiger partial charge on any atom is 0.0697 e. The first-order valence-electron chi connectivity index (χ1n) is 18.9. The van der Waals surface area contributed by atoms with Crippen LogP contribution in [-0.4, -0.2) is 0 Å². The first-order valence-corrected chi connectivity index (χ1v) is 18.9. The van der Waals surface area contributed by atoms with Crippen molar-refractivity contribution in [1.82, 2.24) is 0 Å². The summed E-state index contributed by atoms with van der Waals surface area (Å²) >= 11 is 0. The fourth-order valence-corrected chi connectivity index (χ4v) is 7.39. The lowest BCUT2D eigenvalue weighted by Crippen LogP contribution is -2.08. The molecule has 0 aliphatic rings. The Morgan fingerprint density at radius 3 is 1.35 bits per heavy atom. The van der Waals surface area contributed by atoms with E-state index in [9.17, 15) is 0 Å². The number of nitrogens with one attached hydrogen (secondary N) is 1. The van der Waals surface area contributed by atoms with E-state index in [1.807, 2.05) is 18.2 Å². The van der Waals surface area contributed by atoms with Gasteiger partial charge in [-0.3, -0.25) is 0 Å². The third-order valence-corrected chi connectivity index (χ3v) is 10.3. The van der Waals surface area contributed by atoms with Crippen LogP contribution in [0.15, 0.2) is 194 Å². The number of rotatable bonds is 6. The van der Waals surface area contributed by atoms with Crippen molar-refractivity contribution >= 4 is 49.4 Å². The van der Waals surface area contributed by atoms with Crippen LogP contribution in [0.4, 0.5) is 5.69 Å². The minimum atomic E-state index is 0.712. The number of hydrogen-bond acceptors (Lipinski definition) is 2. The molecule has 0 fully saturated rings. The van der Waals surface area contributed by atoms with Gasteiger partial charge in [-0.2, -0.15) is 0 Å². The van der Waals surface area contributed by atoms with Gasteiger partial charge in [0, 0.05) is 11.3 Å². The van der Waals surface area contributed by atoms with E-state index in [-0.39, 0.29) is 0 Å². The van der Waals surface area contributed by atoms with Crippen molar-refractivity contribution in [3.63, 3.8) is 0 Å². The predicted octanol–water partition coefficient (Wildman–Crippen LogP) is 14.0. The van der Waals surface area contributed by atoms with Crippen LogP contribution >= 0.6 is 0 Å². The van der Waals surface area contributed by atoms with E-state index in [0.717, 1.165) is 22.5 Å². The molecule has 0 saturated heterocycles. The quantitative estimate of drug-likeness (QED) is 0.133. The van der Waals surface area contributed by atoms with Gasteiger partial charge in [-0.1, -0.05) is 193 Å². The Bertz CT molecular complexity index is 2720. The highest BCUT2D eigenvalue weighted by molar-refractivity contribution is 6.21. The number of aryl methyl sites for hydroxylation is 3. The molecule has 266 valence electrons. The Morgan fingerprint density at radius 2 is 0.818 bits per heavy atom. The SMILES string of the molecule is Cc1ccc(/C(N)=C(/Nc2ccc(-c3c4ccccc4c(-c4ccc5ccccc5c4)c4ccccc34)cc2)c2ccc(C)cc2)cc1.Cc1ccccc1. The van der Waals surface area contributed by atoms with Crippen molar-refractivity contribution in [2.24, 2.45) is 5.73 Å². The summed E-state index contributed by atoms with van der Waals surface area (Å²) in [5, 5.41) is 11.2. The van der Waals surface area contributed by atoms with E-state index < -0.39 is 0 Å². The number of nitrogens with two attached hydrogens (primary N) is 1. The number of anilines is 1. The van der Waals surface area contributed by atoms with Crippen molar-refractivity contribution in [3.8, 4) is 22.3 Å². The fraction of sp³-hybridized carbons (Fsp3) is 0.0566. The molecule has 2 heteroatoms. The van der Waals surface area contributed by atoms with E-state index in [0.29, 0.717) is 5.70 Å². The topological polar surface area (TPSA) is 38.0 Å². The predicted molar refractivity (Wildman–Crippen MR) is 238 cm³/mol. The summed E-state index contributed by atoms with van der Waals surface area (Å²) in [6, 6.07) is 68.9. The largest absolute Gasteiger partial charge is 0.397 e. The molecule has 2 nitrogen and oxygen atoms in total. The van der Waals surface area contributed by atoms with Crippen molar-refractivity contribution < 1.29 is 0 Å². The summed E-state index contributed by atoms with van der Waals surface area (Å²) in [5.41, 5.74) is 20.1. The lowest BCUT2D eigenvalue weighted by molar-refractivity contribution is 1.41. The zero-order valence-electron chi connectivity index (χ0n) is 31.6. The van der Waals surface area contributed by atoms with E-state index in [1.165, 1.54) is 71.3 Å². The number of benzene rings is 9. The normalized spacial score (nSPS) is 11.5. The summed E-state index contributed by atoms with van der Waals surface area (Å²) in [4.78, 5) is 0. The zero-order valence-corrected chi connectivity index (χ0v) is 31.6. The fourth-order valence-electron chi connectivity index (χ4n) is 7.39. The number of fused-ring (bicyclic) bond motifs is 3. The molecule has 55 heavy (non-hydrogen) atoms. The van der Waals surface area contributed by atoms with Crippen LogP contribution in [0.25, 0.3) is 66.0 Å². The maximum atomic E-state index is 6.86. The average Bonchev–Trinajstić information content (AvgIpc) is 3.23. The van der Waals surface area contributed by atoms with Crippen LogP contribution in [0.5, 0.6) is 0 Å². The van der Waals surface area contributed by atoms with Crippen LogP contribution in [0.2, 0.25) is 0 Å². The van der Waals surface area contributed by atoms with Crippen molar-refractivity contribution in [3.05, 3.63) is 222 Å². The summed E-state index contributed by atoms with van der Waals surface area (Å²) in [7, 11) is 0. The minimum absolute atomic E-state index is 0.712. The average molecular weight is 709 g/mol. The molecule has 0 aliphatic heterocycles. The molecular weight excluding hydrogens is 665 g/mol. The summed E-state index contributed by atoms with van der Waals surface area (Å²) in [6.45, 7) is 6.28. The van der Waals surface area contributed by atoms with Gasteiger partial charge < -0.3 is 11.1 Å². The minimum Gasteiger partial charge on any atom is -0.397 e. The molecule has 0 aliphatic carbocycles. The molecule has 9 aromatic rings. The van der Waals surface area contributed by atoms with Gasteiger partial charge in [-0.15, -0.1) is 0 Å². The molecule has 0 heterocycles. The van der Waals surface area contributed by atoms with Gasteiger partial charge in [-0.25, -0.2) is 0 Å². The van der Waals surface area contributed by atoms with Gasteiger partial charge in [0.25, 0.3) is 0 Å². The lowest BCUT2D eigenvalue weighted by Gasteiger charge is -2.19. The molecule has 0 bridgehead atoms. The smallest absolute Gasteiger partial charge is 0.0697 e. The Kier molecular flexibility index (Phi) is 9.97. The molecule has 0 unspecified atom stereocenters. The third kappa shape index (κ3) is 7.49. The summed E-state index contributed by atoms with van der Waals surface area (Å²) in [6.07, 6.45) is 0. The second-order valence-electron chi connectivity index (χ2n) is 14.3. The van der Waals surface area contributed by atoms with Gasteiger partial charge in [-0.05, 0) is 99.1 Å². The van der Waals surface area contributed by atoms with Gasteiger partial charge in [0.05, 0.1) is 11.4 Å².